The van der Waals surface area contributed by atoms with Gasteiger partial charge in [0.05, 0.1) is 18.9 Å². The van der Waals surface area contributed by atoms with Crippen LogP contribution in [0.4, 0.5) is 0 Å². The number of nitrogens with one attached hydrogen (secondary N) is 1. The van der Waals surface area contributed by atoms with E-state index in [-0.39, 0.29) is 17.7 Å². The van der Waals surface area contributed by atoms with E-state index in [0.29, 0.717) is 12.3 Å². The first-order valence-corrected chi connectivity index (χ1v) is 7.92. The lowest BCUT2D eigenvalue weighted by Gasteiger charge is -2.41. The summed E-state index contributed by atoms with van der Waals surface area (Å²) in [6.45, 7) is 0.340. The number of para-hydroxylation sites is 1. The molecule has 3 aliphatic carbocycles. The van der Waals surface area contributed by atoms with Crippen molar-refractivity contribution in [1.82, 2.24) is 5.32 Å². The maximum absolute atomic E-state index is 12.6. The van der Waals surface area contributed by atoms with Gasteiger partial charge >= 0.3 is 5.97 Å². The van der Waals surface area contributed by atoms with Gasteiger partial charge in [-0.05, 0) is 30.7 Å². The summed E-state index contributed by atoms with van der Waals surface area (Å²) in [4.78, 5) is 24.2. The quantitative estimate of drug-likeness (QED) is 0.817. The summed E-state index contributed by atoms with van der Waals surface area (Å²) in [5, 5.41) is 12.4. The molecule has 1 fully saturated rings. The van der Waals surface area contributed by atoms with Crippen LogP contribution in [0.25, 0.3) is 0 Å². The third-order valence-electron chi connectivity index (χ3n) is 4.98. The second-order valence-corrected chi connectivity index (χ2v) is 6.21. The fraction of sp³-hybridized carbons (Fsp3) is 0.444. The zero-order valence-corrected chi connectivity index (χ0v) is 13.1. The Morgan fingerprint density at radius 3 is 2.43 bits per heavy atom. The van der Waals surface area contributed by atoms with Crippen LogP contribution in [-0.4, -0.2) is 24.1 Å². The number of hydrogen-bond acceptors (Lipinski definition) is 3. The first kappa shape index (κ1) is 15.6. The lowest BCUT2D eigenvalue weighted by atomic mass is 9.62. The largest absolute Gasteiger partial charge is 0.496 e. The molecule has 5 heteroatoms. The van der Waals surface area contributed by atoms with E-state index in [4.69, 9.17) is 4.74 Å². The molecular weight excluding hydrogens is 294 g/mol. The number of fused-ring (bicyclic) bond motifs is 2. The van der Waals surface area contributed by atoms with Crippen LogP contribution in [0.1, 0.15) is 18.4 Å². The first-order valence-electron chi connectivity index (χ1n) is 7.92. The molecule has 1 amide bonds. The van der Waals surface area contributed by atoms with Crippen LogP contribution >= 0.6 is 0 Å². The van der Waals surface area contributed by atoms with Crippen molar-refractivity contribution >= 4 is 11.9 Å². The fourth-order valence-corrected chi connectivity index (χ4v) is 3.84. The molecule has 2 N–H and O–H groups in total. The van der Waals surface area contributed by atoms with Crippen LogP contribution in [0.15, 0.2) is 36.4 Å². The van der Waals surface area contributed by atoms with E-state index in [0.717, 1.165) is 18.4 Å². The van der Waals surface area contributed by atoms with Crippen LogP contribution in [0.2, 0.25) is 0 Å². The van der Waals surface area contributed by atoms with Crippen molar-refractivity contribution in [2.45, 2.75) is 19.4 Å². The average Bonchev–Trinajstić information content (AvgIpc) is 2.59. The van der Waals surface area contributed by atoms with E-state index >= 15 is 0 Å². The molecule has 4 atom stereocenters. The van der Waals surface area contributed by atoms with Crippen LogP contribution < -0.4 is 10.1 Å². The minimum Gasteiger partial charge on any atom is -0.496 e. The van der Waals surface area contributed by atoms with Gasteiger partial charge in [-0.25, -0.2) is 0 Å². The Hall–Kier alpha value is -2.30. The van der Waals surface area contributed by atoms with Crippen molar-refractivity contribution in [3.63, 3.8) is 0 Å². The van der Waals surface area contributed by atoms with Gasteiger partial charge in [-0.15, -0.1) is 0 Å². The van der Waals surface area contributed by atoms with Gasteiger partial charge in [-0.1, -0.05) is 30.4 Å². The molecule has 0 heterocycles. The lowest BCUT2D eigenvalue weighted by Crippen LogP contribution is -2.48. The third-order valence-corrected chi connectivity index (χ3v) is 4.98. The number of carbonyl (C=O) groups is 2. The Labute approximate surface area is 135 Å². The summed E-state index contributed by atoms with van der Waals surface area (Å²) in [7, 11) is 1.59. The predicted octanol–water partition coefficient (Wildman–Crippen LogP) is 2.22. The Bertz CT molecular complexity index is 640. The first-order chi connectivity index (χ1) is 11.1. The van der Waals surface area contributed by atoms with E-state index in [1.54, 1.807) is 7.11 Å². The number of benzene rings is 1. The van der Waals surface area contributed by atoms with Gasteiger partial charge in [0.25, 0.3) is 0 Å². The van der Waals surface area contributed by atoms with Crippen LogP contribution in [-0.2, 0) is 16.1 Å². The van der Waals surface area contributed by atoms with E-state index in [1.165, 1.54) is 0 Å². The molecule has 23 heavy (non-hydrogen) atoms. The minimum atomic E-state index is -0.874. The lowest BCUT2D eigenvalue weighted by molar-refractivity contribution is -0.153. The van der Waals surface area contributed by atoms with Gasteiger partial charge in [0.1, 0.15) is 5.75 Å². The number of methoxy groups -OCH3 is 1. The Balaban J connectivity index is 1.72. The maximum atomic E-state index is 12.6. The van der Waals surface area contributed by atoms with E-state index < -0.39 is 17.8 Å². The van der Waals surface area contributed by atoms with Crippen LogP contribution in [0.3, 0.4) is 0 Å². The molecule has 0 aromatic heterocycles. The molecule has 0 spiro atoms. The molecule has 5 nitrogen and oxygen atoms in total. The number of allylic oxidation sites excluding steroid dienone is 2. The highest BCUT2D eigenvalue weighted by Gasteiger charge is 2.48. The van der Waals surface area contributed by atoms with Crippen molar-refractivity contribution in [3.05, 3.63) is 42.0 Å². The average molecular weight is 315 g/mol. The molecule has 3 aliphatic rings. The van der Waals surface area contributed by atoms with Gasteiger partial charge in [-0.2, -0.15) is 0 Å². The van der Waals surface area contributed by atoms with Crippen LogP contribution in [0.5, 0.6) is 5.75 Å². The predicted molar refractivity (Wildman–Crippen MR) is 84.8 cm³/mol. The van der Waals surface area contributed by atoms with E-state index in [1.807, 2.05) is 36.4 Å². The number of carbonyl (C=O) groups excluding carboxylic acids is 1. The van der Waals surface area contributed by atoms with E-state index in [2.05, 4.69) is 5.32 Å². The summed E-state index contributed by atoms with van der Waals surface area (Å²) < 4.78 is 5.28. The molecule has 2 bridgehead atoms. The highest BCUT2D eigenvalue weighted by molar-refractivity contribution is 5.86. The molecule has 0 radical (unpaired) electrons. The second-order valence-electron chi connectivity index (χ2n) is 6.21. The molecule has 4 rings (SSSR count). The zero-order chi connectivity index (χ0) is 16.4. The highest BCUT2D eigenvalue weighted by atomic mass is 16.5. The second kappa shape index (κ2) is 6.44. The summed E-state index contributed by atoms with van der Waals surface area (Å²) in [6, 6.07) is 7.48. The van der Waals surface area contributed by atoms with Crippen molar-refractivity contribution in [2.24, 2.45) is 23.7 Å². The Morgan fingerprint density at radius 2 is 1.83 bits per heavy atom. The summed E-state index contributed by atoms with van der Waals surface area (Å²) in [5.41, 5.74) is 0.881. The molecule has 1 aromatic carbocycles. The molecule has 1 aromatic rings. The number of ether oxygens (including phenoxy) is 1. The number of rotatable bonds is 5. The normalized spacial score (nSPS) is 28.4. The van der Waals surface area contributed by atoms with Crippen LogP contribution in [0, 0.1) is 23.7 Å². The zero-order valence-electron chi connectivity index (χ0n) is 13.1. The highest BCUT2D eigenvalue weighted by Crippen LogP contribution is 2.45. The molecule has 1 saturated carbocycles. The number of carboxylic acid groups (broad SMARTS) is 1. The van der Waals surface area contributed by atoms with Gasteiger partial charge in [0, 0.05) is 12.1 Å². The van der Waals surface area contributed by atoms with Gasteiger partial charge < -0.3 is 15.2 Å². The molecular formula is C18H21NO4. The molecule has 122 valence electrons. The van der Waals surface area contributed by atoms with Crippen molar-refractivity contribution in [2.75, 3.05) is 7.11 Å². The third kappa shape index (κ3) is 2.96. The molecule has 0 saturated heterocycles. The van der Waals surface area contributed by atoms with Crippen molar-refractivity contribution in [1.29, 1.82) is 0 Å². The van der Waals surface area contributed by atoms with Crippen molar-refractivity contribution in [3.8, 4) is 5.75 Å². The smallest absolute Gasteiger partial charge is 0.307 e. The number of carboxylic acids is 1. The molecule has 0 unspecified atom stereocenters. The Morgan fingerprint density at radius 1 is 1.17 bits per heavy atom. The molecule has 0 aliphatic heterocycles. The maximum Gasteiger partial charge on any atom is 0.307 e. The topological polar surface area (TPSA) is 75.6 Å². The number of hydrogen-bond donors (Lipinski definition) is 2. The van der Waals surface area contributed by atoms with E-state index in [9.17, 15) is 14.7 Å². The summed E-state index contributed by atoms with van der Waals surface area (Å²) in [5.74, 6) is -1.43. The summed E-state index contributed by atoms with van der Waals surface area (Å²) >= 11 is 0. The summed E-state index contributed by atoms with van der Waals surface area (Å²) in [6.07, 6.45) is 5.73. The number of aliphatic carboxylic acids is 1. The monoisotopic (exact) mass is 315 g/mol. The minimum absolute atomic E-state index is 0.0266. The Kier molecular flexibility index (Phi) is 4.37. The number of amides is 1. The fourth-order valence-electron chi connectivity index (χ4n) is 3.84. The van der Waals surface area contributed by atoms with Gasteiger partial charge in [0.2, 0.25) is 5.91 Å². The van der Waals surface area contributed by atoms with Gasteiger partial charge in [0.15, 0.2) is 0 Å². The standard InChI is InChI=1S/C18H21NO4/c1-23-14-5-3-2-4-13(14)10-19-17(20)15-11-6-8-12(9-7-11)16(15)18(21)22/h2-6,8,11-12,15-16H,7,9-10H2,1H3,(H,19,20)(H,21,22)/t11-,12+,15-,16+/m1/s1. The SMILES string of the molecule is COc1ccccc1CNC(=O)[C@H]1[C@@H](C(=O)O)[C@H]2C=C[C@@H]1CC2. The van der Waals surface area contributed by atoms with Gasteiger partial charge in [-0.3, -0.25) is 9.59 Å². The van der Waals surface area contributed by atoms with Crippen molar-refractivity contribution < 1.29 is 19.4 Å².